The third-order valence-electron chi connectivity index (χ3n) is 2.93. The van der Waals surface area contributed by atoms with E-state index in [-0.39, 0.29) is 0 Å². The zero-order valence-electron chi connectivity index (χ0n) is 11.8. The number of hydrogen-bond donors (Lipinski definition) is 1. The van der Waals surface area contributed by atoms with Crippen LogP contribution in [0.3, 0.4) is 0 Å². The molecule has 2 heterocycles. The van der Waals surface area contributed by atoms with Crippen molar-refractivity contribution in [3.63, 3.8) is 0 Å². The van der Waals surface area contributed by atoms with Gasteiger partial charge in [-0.05, 0) is 24.1 Å². The highest BCUT2D eigenvalue weighted by molar-refractivity contribution is 7.11. The number of pyridine rings is 1. The molecule has 2 aromatic heterocycles. The first-order valence-electron chi connectivity index (χ1n) is 6.78. The van der Waals surface area contributed by atoms with E-state index in [9.17, 15) is 0 Å². The molecule has 3 nitrogen and oxygen atoms in total. The van der Waals surface area contributed by atoms with Gasteiger partial charge in [-0.15, -0.1) is 11.3 Å². The van der Waals surface area contributed by atoms with Gasteiger partial charge in [0.15, 0.2) is 0 Å². The Morgan fingerprint density at radius 2 is 2.21 bits per heavy atom. The summed E-state index contributed by atoms with van der Waals surface area (Å²) in [5, 5.41) is 4.58. The van der Waals surface area contributed by atoms with Crippen molar-refractivity contribution in [2.24, 2.45) is 0 Å². The van der Waals surface area contributed by atoms with Gasteiger partial charge < -0.3 is 5.32 Å². The normalized spacial score (nSPS) is 11.2. The molecule has 2 rings (SSSR count). The minimum Gasteiger partial charge on any atom is -0.312 e. The van der Waals surface area contributed by atoms with Crippen LogP contribution in [-0.2, 0) is 13.0 Å². The largest absolute Gasteiger partial charge is 0.312 e. The number of hydrogen-bond acceptors (Lipinski definition) is 4. The highest BCUT2D eigenvalue weighted by Gasteiger charge is 2.14. The monoisotopic (exact) mass is 275 g/mol. The summed E-state index contributed by atoms with van der Waals surface area (Å²) >= 11 is 1.82. The first-order valence-corrected chi connectivity index (χ1v) is 7.60. The Kier molecular flexibility index (Phi) is 5.05. The van der Waals surface area contributed by atoms with Gasteiger partial charge in [0, 0.05) is 30.2 Å². The van der Waals surface area contributed by atoms with Gasteiger partial charge >= 0.3 is 0 Å². The Morgan fingerprint density at radius 3 is 2.84 bits per heavy atom. The van der Waals surface area contributed by atoms with Gasteiger partial charge in [0.2, 0.25) is 0 Å². The van der Waals surface area contributed by atoms with Crippen LogP contribution in [0.4, 0.5) is 0 Å². The molecule has 0 aliphatic heterocycles. The Labute approximate surface area is 119 Å². The third kappa shape index (κ3) is 3.85. The summed E-state index contributed by atoms with van der Waals surface area (Å²) in [7, 11) is 0. The first kappa shape index (κ1) is 14.2. The van der Waals surface area contributed by atoms with Gasteiger partial charge in [-0.1, -0.05) is 26.8 Å². The topological polar surface area (TPSA) is 37.8 Å². The molecular weight excluding hydrogens is 254 g/mol. The second-order valence-corrected chi connectivity index (χ2v) is 6.06. The van der Waals surface area contributed by atoms with E-state index in [1.807, 2.05) is 29.8 Å². The van der Waals surface area contributed by atoms with Crippen LogP contribution in [0.25, 0.3) is 0 Å². The number of thiazole rings is 1. The molecule has 0 aliphatic rings. The maximum atomic E-state index is 4.81. The van der Waals surface area contributed by atoms with Crippen molar-refractivity contribution in [1.29, 1.82) is 0 Å². The van der Waals surface area contributed by atoms with E-state index in [1.54, 1.807) is 0 Å². The summed E-state index contributed by atoms with van der Waals surface area (Å²) in [4.78, 5) is 10.3. The highest BCUT2D eigenvalue weighted by atomic mass is 32.1. The minimum atomic E-state index is 0.479. The van der Waals surface area contributed by atoms with Gasteiger partial charge in [-0.2, -0.15) is 0 Å². The summed E-state index contributed by atoms with van der Waals surface area (Å²) in [6.45, 7) is 8.46. The van der Waals surface area contributed by atoms with E-state index in [2.05, 4.69) is 37.1 Å². The lowest BCUT2D eigenvalue weighted by Gasteiger charge is -2.04. The molecule has 0 spiro atoms. The molecule has 0 bridgehead atoms. The van der Waals surface area contributed by atoms with Crippen LogP contribution in [0.1, 0.15) is 47.8 Å². The smallest absolute Gasteiger partial charge is 0.0976 e. The number of aromatic nitrogens is 2. The molecule has 0 fully saturated rings. The van der Waals surface area contributed by atoms with Crippen LogP contribution in [0.2, 0.25) is 0 Å². The maximum absolute atomic E-state index is 4.81. The summed E-state index contributed by atoms with van der Waals surface area (Å²) in [6.07, 6.45) is 4.60. The Hall–Kier alpha value is -1.26. The summed E-state index contributed by atoms with van der Waals surface area (Å²) in [6, 6.07) is 4.08. The van der Waals surface area contributed by atoms with Crippen molar-refractivity contribution >= 4 is 11.3 Å². The molecule has 0 radical (unpaired) electrons. The minimum absolute atomic E-state index is 0.479. The van der Waals surface area contributed by atoms with Crippen molar-refractivity contribution in [3.05, 3.63) is 45.7 Å². The van der Waals surface area contributed by atoms with Crippen LogP contribution < -0.4 is 5.32 Å². The molecule has 0 aromatic carbocycles. The highest BCUT2D eigenvalue weighted by Crippen LogP contribution is 2.26. The molecule has 0 unspecified atom stereocenters. The third-order valence-corrected chi connectivity index (χ3v) is 4.00. The molecule has 0 saturated heterocycles. The van der Waals surface area contributed by atoms with Crippen molar-refractivity contribution < 1.29 is 0 Å². The van der Waals surface area contributed by atoms with Crippen LogP contribution in [-0.4, -0.2) is 16.5 Å². The lowest BCUT2D eigenvalue weighted by atomic mass is 10.1. The molecule has 0 amide bonds. The SMILES string of the molecule is CCNCc1sc(Cc2cccnc2)nc1C(C)C. The average Bonchev–Trinajstić information content (AvgIpc) is 2.80. The van der Waals surface area contributed by atoms with Gasteiger partial charge in [0.1, 0.15) is 0 Å². The Morgan fingerprint density at radius 1 is 1.37 bits per heavy atom. The summed E-state index contributed by atoms with van der Waals surface area (Å²) in [5.41, 5.74) is 2.46. The lowest BCUT2D eigenvalue weighted by Crippen LogP contribution is -2.12. The second kappa shape index (κ2) is 6.78. The van der Waals surface area contributed by atoms with Crippen molar-refractivity contribution in [2.75, 3.05) is 6.54 Å². The van der Waals surface area contributed by atoms with Crippen LogP contribution in [0, 0.1) is 0 Å². The lowest BCUT2D eigenvalue weighted by molar-refractivity contribution is 0.713. The fraction of sp³-hybridized carbons (Fsp3) is 0.467. The molecule has 102 valence electrons. The fourth-order valence-electron chi connectivity index (χ4n) is 1.98. The van der Waals surface area contributed by atoms with Crippen molar-refractivity contribution in [3.8, 4) is 0 Å². The zero-order valence-corrected chi connectivity index (χ0v) is 12.6. The van der Waals surface area contributed by atoms with Crippen molar-refractivity contribution in [1.82, 2.24) is 15.3 Å². The van der Waals surface area contributed by atoms with Crippen LogP contribution in [0.15, 0.2) is 24.5 Å². The maximum Gasteiger partial charge on any atom is 0.0976 e. The predicted octanol–water partition coefficient (Wildman–Crippen LogP) is 3.36. The van der Waals surface area contributed by atoms with Gasteiger partial charge in [0.25, 0.3) is 0 Å². The molecule has 19 heavy (non-hydrogen) atoms. The Bertz CT molecular complexity index is 505. The molecule has 4 heteroatoms. The van der Waals surface area contributed by atoms with Crippen LogP contribution >= 0.6 is 11.3 Å². The first-order chi connectivity index (χ1) is 9.20. The molecule has 0 aliphatic carbocycles. The quantitative estimate of drug-likeness (QED) is 0.878. The molecule has 0 saturated carbocycles. The number of nitrogens with zero attached hydrogens (tertiary/aromatic N) is 2. The number of rotatable bonds is 6. The number of nitrogens with one attached hydrogen (secondary N) is 1. The summed E-state index contributed by atoms with van der Waals surface area (Å²) in [5.74, 6) is 0.479. The molecule has 0 atom stereocenters. The summed E-state index contributed by atoms with van der Waals surface area (Å²) < 4.78 is 0. The van der Waals surface area contributed by atoms with Gasteiger partial charge in [-0.25, -0.2) is 4.98 Å². The van der Waals surface area contributed by atoms with E-state index in [0.717, 1.165) is 19.5 Å². The van der Waals surface area contributed by atoms with E-state index in [4.69, 9.17) is 4.98 Å². The van der Waals surface area contributed by atoms with Gasteiger partial charge in [0.05, 0.1) is 10.7 Å². The van der Waals surface area contributed by atoms with Gasteiger partial charge in [-0.3, -0.25) is 4.98 Å². The average molecular weight is 275 g/mol. The second-order valence-electron chi connectivity index (χ2n) is 4.89. The van der Waals surface area contributed by atoms with E-state index < -0.39 is 0 Å². The van der Waals surface area contributed by atoms with Crippen molar-refractivity contribution in [2.45, 2.75) is 39.7 Å². The molecular formula is C15H21N3S. The molecule has 2 aromatic rings. The van der Waals surface area contributed by atoms with E-state index >= 15 is 0 Å². The predicted molar refractivity (Wildman–Crippen MR) is 80.6 cm³/mol. The van der Waals surface area contributed by atoms with Crippen LogP contribution in [0.5, 0.6) is 0 Å². The van der Waals surface area contributed by atoms with E-state index in [0.29, 0.717) is 5.92 Å². The van der Waals surface area contributed by atoms with E-state index in [1.165, 1.54) is 21.1 Å². The zero-order chi connectivity index (χ0) is 13.7. The Balaban J connectivity index is 2.17. The molecule has 1 N–H and O–H groups in total. The fourth-order valence-corrected chi connectivity index (χ4v) is 3.21. The standard InChI is InChI=1S/C15H21N3S/c1-4-16-10-13-15(11(2)3)18-14(19-13)8-12-6-5-7-17-9-12/h5-7,9,11,16H,4,8,10H2,1-3H3.